The Morgan fingerprint density at radius 3 is 3.07 bits per heavy atom. The van der Waals surface area contributed by atoms with Gasteiger partial charge in [0.25, 0.3) is 0 Å². The van der Waals surface area contributed by atoms with E-state index in [1.807, 2.05) is 23.9 Å². The topological polar surface area (TPSA) is 39.2 Å². The molecule has 0 aliphatic heterocycles. The third-order valence-corrected chi connectivity index (χ3v) is 3.28. The highest BCUT2D eigenvalue weighted by atomic mass is 32.2. The van der Waals surface area contributed by atoms with E-state index in [-0.39, 0.29) is 0 Å². The van der Waals surface area contributed by atoms with Crippen LogP contribution in [-0.4, -0.2) is 11.8 Å². The molecular weight excluding hydrogens is 194 g/mol. The van der Waals surface area contributed by atoms with E-state index >= 15 is 0 Å². The Morgan fingerprint density at radius 1 is 1.57 bits per heavy atom. The second-order valence-corrected chi connectivity index (χ2v) is 4.55. The molecule has 80 valence electrons. The van der Waals surface area contributed by atoms with Gasteiger partial charge in [-0.3, -0.25) is 0 Å². The van der Waals surface area contributed by atoms with Crippen LogP contribution >= 0.6 is 11.8 Å². The molecule has 14 heavy (non-hydrogen) atoms. The molecule has 0 spiro atoms. The van der Waals surface area contributed by atoms with E-state index in [0.29, 0.717) is 6.04 Å². The van der Waals surface area contributed by atoms with Crippen LogP contribution in [0.4, 0.5) is 0 Å². The van der Waals surface area contributed by atoms with Gasteiger partial charge in [-0.1, -0.05) is 6.92 Å². The lowest BCUT2D eigenvalue weighted by molar-refractivity contribution is 0.530. The largest absolute Gasteiger partial charge is 0.468 e. The molecule has 0 saturated heterocycles. The number of rotatable bonds is 7. The highest BCUT2D eigenvalue weighted by molar-refractivity contribution is 7.98. The lowest BCUT2D eigenvalue weighted by Gasteiger charge is -2.06. The minimum absolute atomic E-state index is 0.388. The van der Waals surface area contributed by atoms with Gasteiger partial charge in [0.15, 0.2) is 0 Å². The molecular formula is C11H19NOS. The van der Waals surface area contributed by atoms with Crippen molar-refractivity contribution >= 4 is 11.8 Å². The Bertz CT molecular complexity index is 223. The van der Waals surface area contributed by atoms with Gasteiger partial charge in [0.1, 0.15) is 5.76 Å². The Hall–Kier alpha value is -0.410. The van der Waals surface area contributed by atoms with Crippen LogP contribution in [0.2, 0.25) is 0 Å². The molecule has 1 atom stereocenters. The SMILES string of the molecule is CCC(N)CCCSCc1ccco1. The summed E-state index contributed by atoms with van der Waals surface area (Å²) in [5, 5.41) is 0. The first-order valence-corrected chi connectivity index (χ1v) is 6.34. The first kappa shape index (κ1) is 11.7. The highest BCUT2D eigenvalue weighted by Gasteiger charge is 1.99. The van der Waals surface area contributed by atoms with Crippen LogP contribution in [0.25, 0.3) is 0 Å². The van der Waals surface area contributed by atoms with E-state index in [0.717, 1.165) is 24.4 Å². The average Bonchev–Trinajstić information content (AvgIpc) is 2.69. The Labute approximate surface area is 90.2 Å². The Kier molecular flexibility index (Phi) is 5.80. The molecule has 1 aromatic heterocycles. The maximum absolute atomic E-state index is 5.82. The van der Waals surface area contributed by atoms with Crippen molar-refractivity contribution in [3.8, 4) is 0 Å². The van der Waals surface area contributed by atoms with Crippen molar-refractivity contribution < 1.29 is 4.42 Å². The van der Waals surface area contributed by atoms with Crippen LogP contribution in [0.15, 0.2) is 22.8 Å². The number of furan rings is 1. The summed E-state index contributed by atoms with van der Waals surface area (Å²) in [6.07, 6.45) is 5.16. The number of thioether (sulfide) groups is 1. The van der Waals surface area contributed by atoms with Crippen LogP contribution in [0.1, 0.15) is 31.9 Å². The lowest BCUT2D eigenvalue weighted by atomic mass is 10.1. The van der Waals surface area contributed by atoms with Crippen molar-refractivity contribution in [2.24, 2.45) is 5.73 Å². The van der Waals surface area contributed by atoms with Crippen molar-refractivity contribution in [2.45, 2.75) is 38.0 Å². The third kappa shape index (κ3) is 4.72. The average molecular weight is 213 g/mol. The second-order valence-electron chi connectivity index (χ2n) is 3.44. The summed E-state index contributed by atoms with van der Waals surface area (Å²) in [7, 11) is 0. The molecule has 0 saturated carbocycles. The zero-order chi connectivity index (χ0) is 10.2. The fourth-order valence-electron chi connectivity index (χ4n) is 1.22. The predicted molar refractivity (Wildman–Crippen MR) is 62.4 cm³/mol. The third-order valence-electron chi connectivity index (χ3n) is 2.21. The molecule has 1 unspecified atom stereocenters. The van der Waals surface area contributed by atoms with E-state index in [9.17, 15) is 0 Å². The predicted octanol–water partition coefficient (Wildman–Crippen LogP) is 3.03. The van der Waals surface area contributed by atoms with Gasteiger partial charge in [0, 0.05) is 6.04 Å². The number of hydrogen-bond acceptors (Lipinski definition) is 3. The smallest absolute Gasteiger partial charge is 0.113 e. The quantitative estimate of drug-likeness (QED) is 0.708. The van der Waals surface area contributed by atoms with E-state index in [1.165, 1.54) is 12.2 Å². The monoisotopic (exact) mass is 213 g/mol. The van der Waals surface area contributed by atoms with Crippen LogP contribution in [0.5, 0.6) is 0 Å². The summed E-state index contributed by atoms with van der Waals surface area (Å²) < 4.78 is 5.24. The molecule has 2 N–H and O–H groups in total. The fraction of sp³-hybridized carbons (Fsp3) is 0.636. The van der Waals surface area contributed by atoms with Crippen molar-refractivity contribution in [1.82, 2.24) is 0 Å². The molecule has 0 radical (unpaired) electrons. The fourth-order valence-corrected chi connectivity index (χ4v) is 2.10. The number of hydrogen-bond donors (Lipinski definition) is 1. The molecule has 0 aromatic carbocycles. The van der Waals surface area contributed by atoms with Gasteiger partial charge in [-0.05, 0) is 37.1 Å². The van der Waals surface area contributed by atoms with Gasteiger partial charge in [0.05, 0.1) is 12.0 Å². The molecule has 0 aliphatic rings. The summed E-state index contributed by atoms with van der Waals surface area (Å²) in [6, 6.07) is 4.34. The molecule has 2 nitrogen and oxygen atoms in total. The van der Waals surface area contributed by atoms with E-state index in [4.69, 9.17) is 10.2 Å². The van der Waals surface area contributed by atoms with Gasteiger partial charge in [-0.15, -0.1) is 0 Å². The first-order chi connectivity index (χ1) is 6.83. The molecule has 0 aliphatic carbocycles. The Morgan fingerprint density at radius 2 is 2.43 bits per heavy atom. The maximum Gasteiger partial charge on any atom is 0.113 e. The van der Waals surface area contributed by atoms with Gasteiger partial charge in [-0.25, -0.2) is 0 Å². The summed E-state index contributed by atoms with van der Waals surface area (Å²) >= 11 is 1.91. The normalized spacial score (nSPS) is 13.0. The van der Waals surface area contributed by atoms with Crippen LogP contribution in [0.3, 0.4) is 0 Å². The molecule has 1 rings (SSSR count). The van der Waals surface area contributed by atoms with Gasteiger partial charge >= 0.3 is 0 Å². The molecule has 0 amide bonds. The summed E-state index contributed by atoms with van der Waals surface area (Å²) in [4.78, 5) is 0. The van der Waals surface area contributed by atoms with E-state index in [1.54, 1.807) is 6.26 Å². The van der Waals surface area contributed by atoms with Gasteiger partial charge < -0.3 is 10.2 Å². The molecule has 0 fully saturated rings. The minimum Gasteiger partial charge on any atom is -0.468 e. The maximum atomic E-state index is 5.82. The second kappa shape index (κ2) is 6.96. The van der Waals surface area contributed by atoms with Crippen LogP contribution in [0, 0.1) is 0 Å². The summed E-state index contributed by atoms with van der Waals surface area (Å²) in [5.41, 5.74) is 5.82. The Balaban J connectivity index is 1.95. The zero-order valence-corrected chi connectivity index (χ0v) is 9.56. The lowest BCUT2D eigenvalue weighted by Crippen LogP contribution is -2.18. The highest BCUT2D eigenvalue weighted by Crippen LogP contribution is 2.14. The van der Waals surface area contributed by atoms with Crippen LogP contribution < -0.4 is 5.73 Å². The molecule has 3 heteroatoms. The van der Waals surface area contributed by atoms with Crippen LogP contribution in [-0.2, 0) is 5.75 Å². The van der Waals surface area contributed by atoms with Crippen molar-refractivity contribution in [3.05, 3.63) is 24.2 Å². The minimum atomic E-state index is 0.388. The molecule has 0 bridgehead atoms. The van der Waals surface area contributed by atoms with Crippen molar-refractivity contribution in [2.75, 3.05) is 5.75 Å². The van der Waals surface area contributed by atoms with E-state index < -0.39 is 0 Å². The number of nitrogens with two attached hydrogens (primary N) is 1. The van der Waals surface area contributed by atoms with Crippen molar-refractivity contribution in [3.63, 3.8) is 0 Å². The van der Waals surface area contributed by atoms with Crippen molar-refractivity contribution in [1.29, 1.82) is 0 Å². The van der Waals surface area contributed by atoms with Gasteiger partial charge in [0.2, 0.25) is 0 Å². The molecule has 1 heterocycles. The zero-order valence-electron chi connectivity index (χ0n) is 8.74. The summed E-state index contributed by atoms with van der Waals surface area (Å²) in [6.45, 7) is 2.14. The standard InChI is InChI=1S/C11H19NOS/c1-2-10(12)5-4-8-14-9-11-6-3-7-13-11/h3,6-7,10H,2,4-5,8-9,12H2,1H3. The van der Waals surface area contributed by atoms with Gasteiger partial charge in [-0.2, -0.15) is 11.8 Å². The molecule has 1 aromatic rings. The first-order valence-electron chi connectivity index (χ1n) is 5.18. The van der Waals surface area contributed by atoms with E-state index in [2.05, 4.69) is 6.92 Å². The summed E-state index contributed by atoms with van der Waals surface area (Å²) in [5.74, 6) is 3.22.